The summed E-state index contributed by atoms with van der Waals surface area (Å²) >= 11 is 4.89. The Morgan fingerprint density at radius 3 is 2.59 bits per heavy atom. The van der Waals surface area contributed by atoms with E-state index in [1.807, 2.05) is 37.3 Å². The lowest BCUT2D eigenvalue weighted by atomic mass is 10.3. The SMILES string of the molecule is CCNC(=S)NNC(=O)CNc1ccccc1. The minimum Gasteiger partial charge on any atom is -0.376 e. The summed E-state index contributed by atoms with van der Waals surface area (Å²) in [6, 6.07) is 9.51. The van der Waals surface area contributed by atoms with Crippen molar-refractivity contribution >= 4 is 28.9 Å². The van der Waals surface area contributed by atoms with Crippen molar-refractivity contribution in [2.24, 2.45) is 0 Å². The highest BCUT2D eigenvalue weighted by molar-refractivity contribution is 7.80. The topological polar surface area (TPSA) is 65.2 Å². The van der Waals surface area contributed by atoms with Gasteiger partial charge in [0.2, 0.25) is 0 Å². The average Bonchev–Trinajstić information content (AvgIpc) is 2.35. The molecule has 0 heterocycles. The van der Waals surface area contributed by atoms with Gasteiger partial charge in [-0.05, 0) is 31.3 Å². The van der Waals surface area contributed by atoms with E-state index in [4.69, 9.17) is 12.2 Å². The summed E-state index contributed by atoms with van der Waals surface area (Å²) in [5.74, 6) is -0.186. The van der Waals surface area contributed by atoms with Gasteiger partial charge in [0.05, 0.1) is 6.54 Å². The largest absolute Gasteiger partial charge is 0.376 e. The molecular weight excluding hydrogens is 236 g/mol. The highest BCUT2D eigenvalue weighted by Gasteiger charge is 2.00. The molecule has 6 heteroatoms. The van der Waals surface area contributed by atoms with Crippen LogP contribution in [0.15, 0.2) is 30.3 Å². The molecule has 0 aliphatic heterocycles. The van der Waals surface area contributed by atoms with Crippen LogP contribution in [0.5, 0.6) is 0 Å². The molecule has 0 unspecified atom stereocenters. The number of hydrazine groups is 1. The minimum absolute atomic E-state index is 0.186. The molecule has 17 heavy (non-hydrogen) atoms. The standard InChI is InChI=1S/C11H16N4OS/c1-2-12-11(17)15-14-10(16)8-13-9-6-4-3-5-7-9/h3-7,13H,2,8H2,1H3,(H,14,16)(H2,12,15,17). The summed E-state index contributed by atoms with van der Waals surface area (Å²) in [5, 5.41) is 6.25. The van der Waals surface area contributed by atoms with Gasteiger partial charge >= 0.3 is 0 Å². The molecule has 4 N–H and O–H groups in total. The summed E-state index contributed by atoms with van der Waals surface area (Å²) in [4.78, 5) is 11.4. The zero-order valence-corrected chi connectivity index (χ0v) is 10.4. The number of benzene rings is 1. The molecule has 5 nitrogen and oxygen atoms in total. The molecule has 92 valence electrons. The Bertz CT molecular complexity index is 369. The van der Waals surface area contributed by atoms with Crippen LogP contribution in [0.25, 0.3) is 0 Å². The molecule has 0 spiro atoms. The van der Waals surface area contributed by atoms with Crippen molar-refractivity contribution in [2.45, 2.75) is 6.92 Å². The van der Waals surface area contributed by atoms with E-state index in [9.17, 15) is 4.79 Å². The van der Waals surface area contributed by atoms with Crippen LogP contribution in [0.4, 0.5) is 5.69 Å². The lowest BCUT2D eigenvalue weighted by molar-refractivity contribution is -0.119. The molecule has 0 aliphatic rings. The first-order valence-corrected chi connectivity index (χ1v) is 5.74. The van der Waals surface area contributed by atoms with Crippen LogP contribution in [0.2, 0.25) is 0 Å². The zero-order valence-electron chi connectivity index (χ0n) is 9.62. The third-order valence-corrected chi connectivity index (χ3v) is 2.13. The Balaban J connectivity index is 2.20. The van der Waals surface area contributed by atoms with Crippen molar-refractivity contribution in [1.29, 1.82) is 0 Å². The van der Waals surface area contributed by atoms with Gasteiger partial charge in [0, 0.05) is 12.2 Å². The lowest BCUT2D eigenvalue weighted by Gasteiger charge is -2.10. The Morgan fingerprint density at radius 2 is 1.94 bits per heavy atom. The van der Waals surface area contributed by atoms with Crippen molar-refractivity contribution in [2.75, 3.05) is 18.4 Å². The molecule has 0 fully saturated rings. The number of thiocarbonyl (C=S) groups is 1. The molecule has 0 saturated heterocycles. The highest BCUT2D eigenvalue weighted by atomic mass is 32.1. The minimum atomic E-state index is -0.186. The number of para-hydroxylation sites is 1. The van der Waals surface area contributed by atoms with E-state index < -0.39 is 0 Å². The summed E-state index contributed by atoms with van der Waals surface area (Å²) in [5.41, 5.74) is 5.98. The lowest BCUT2D eigenvalue weighted by Crippen LogP contribution is -2.48. The van der Waals surface area contributed by atoms with Gasteiger partial charge in [-0.1, -0.05) is 18.2 Å². The quantitative estimate of drug-likeness (QED) is 0.467. The van der Waals surface area contributed by atoms with Gasteiger partial charge in [0.1, 0.15) is 0 Å². The van der Waals surface area contributed by atoms with Crippen molar-refractivity contribution < 1.29 is 4.79 Å². The molecule has 0 aliphatic carbocycles. The van der Waals surface area contributed by atoms with Gasteiger partial charge in [0.25, 0.3) is 5.91 Å². The molecule has 1 rings (SSSR count). The Kier molecular flexibility index (Phi) is 5.81. The van der Waals surface area contributed by atoms with Crippen LogP contribution in [-0.4, -0.2) is 24.1 Å². The molecule has 1 aromatic rings. The Hall–Kier alpha value is -1.82. The van der Waals surface area contributed by atoms with Gasteiger partial charge in [-0.2, -0.15) is 0 Å². The fraction of sp³-hybridized carbons (Fsp3) is 0.273. The predicted molar refractivity (Wildman–Crippen MR) is 72.5 cm³/mol. The Labute approximate surface area is 106 Å². The van der Waals surface area contributed by atoms with Crippen molar-refractivity contribution in [3.05, 3.63) is 30.3 Å². The maximum absolute atomic E-state index is 11.4. The van der Waals surface area contributed by atoms with Crippen LogP contribution in [0, 0.1) is 0 Å². The van der Waals surface area contributed by atoms with Crippen LogP contribution in [0.3, 0.4) is 0 Å². The number of anilines is 1. The summed E-state index contributed by atoms with van der Waals surface area (Å²) in [6.07, 6.45) is 0. The monoisotopic (exact) mass is 252 g/mol. The van der Waals surface area contributed by atoms with Crippen molar-refractivity contribution in [1.82, 2.24) is 16.2 Å². The smallest absolute Gasteiger partial charge is 0.257 e. The number of hydrogen-bond acceptors (Lipinski definition) is 3. The van der Waals surface area contributed by atoms with Gasteiger partial charge in [-0.15, -0.1) is 0 Å². The average molecular weight is 252 g/mol. The summed E-state index contributed by atoms with van der Waals surface area (Å²) in [6.45, 7) is 2.82. The van der Waals surface area contributed by atoms with Crippen LogP contribution >= 0.6 is 12.2 Å². The molecular formula is C11H16N4OS. The van der Waals surface area contributed by atoms with Crippen molar-refractivity contribution in [3.63, 3.8) is 0 Å². The second-order valence-corrected chi connectivity index (χ2v) is 3.66. The van der Waals surface area contributed by atoms with E-state index >= 15 is 0 Å². The summed E-state index contributed by atoms with van der Waals surface area (Å²) < 4.78 is 0. The van der Waals surface area contributed by atoms with Crippen LogP contribution < -0.4 is 21.5 Å². The van der Waals surface area contributed by atoms with E-state index in [1.54, 1.807) is 0 Å². The van der Waals surface area contributed by atoms with Gasteiger partial charge < -0.3 is 10.6 Å². The second kappa shape index (κ2) is 7.45. The number of hydrogen-bond donors (Lipinski definition) is 4. The summed E-state index contributed by atoms with van der Waals surface area (Å²) in [7, 11) is 0. The maximum atomic E-state index is 11.4. The van der Waals surface area contributed by atoms with Gasteiger partial charge in [0.15, 0.2) is 5.11 Å². The fourth-order valence-electron chi connectivity index (χ4n) is 1.11. The van der Waals surface area contributed by atoms with Crippen LogP contribution in [-0.2, 0) is 4.79 Å². The highest BCUT2D eigenvalue weighted by Crippen LogP contribution is 2.03. The van der Waals surface area contributed by atoms with Crippen LogP contribution in [0.1, 0.15) is 6.92 Å². The van der Waals surface area contributed by atoms with E-state index in [-0.39, 0.29) is 12.5 Å². The third kappa shape index (κ3) is 5.72. The van der Waals surface area contributed by atoms with Gasteiger partial charge in [-0.25, -0.2) is 0 Å². The molecule has 1 amide bonds. The first-order chi connectivity index (χ1) is 8.22. The van der Waals surface area contributed by atoms with E-state index in [0.717, 1.165) is 5.69 Å². The molecule has 0 atom stereocenters. The first kappa shape index (κ1) is 13.2. The first-order valence-electron chi connectivity index (χ1n) is 5.34. The van der Waals surface area contributed by atoms with E-state index in [1.165, 1.54) is 0 Å². The third-order valence-electron chi connectivity index (χ3n) is 1.88. The fourth-order valence-corrected chi connectivity index (χ4v) is 1.31. The maximum Gasteiger partial charge on any atom is 0.257 e. The number of nitrogens with one attached hydrogen (secondary N) is 4. The molecule has 0 bridgehead atoms. The zero-order chi connectivity index (χ0) is 12.5. The molecule has 1 aromatic carbocycles. The molecule has 0 saturated carbocycles. The molecule has 0 radical (unpaired) electrons. The number of carbonyl (C=O) groups excluding carboxylic acids is 1. The van der Waals surface area contributed by atoms with E-state index in [2.05, 4.69) is 21.5 Å². The normalized spacial score (nSPS) is 9.24. The molecule has 0 aromatic heterocycles. The van der Waals surface area contributed by atoms with Gasteiger partial charge in [-0.3, -0.25) is 15.6 Å². The Morgan fingerprint density at radius 1 is 1.24 bits per heavy atom. The number of amides is 1. The number of rotatable bonds is 4. The van der Waals surface area contributed by atoms with E-state index in [0.29, 0.717) is 11.7 Å². The van der Waals surface area contributed by atoms with Crippen molar-refractivity contribution in [3.8, 4) is 0 Å². The second-order valence-electron chi connectivity index (χ2n) is 3.25. The predicted octanol–water partition coefficient (Wildman–Crippen LogP) is 0.614. The number of carbonyl (C=O) groups is 1.